The van der Waals surface area contributed by atoms with E-state index in [1.165, 1.54) is 0 Å². The molecule has 2 aromatic rings. The number of aromatic nitrogens is 3. The van der Waals surface area contributed by atoms with Crippen LogP contribution in [0.1, 0.15) is 0 Å². The van der Waals surface area contributed by atoms with Gasteiger partial charge < -0.3 is 9.64 Å². The monoisotopic (exact) mass is 264 g/mol. The number of nitrogens with zero attached hydrogens (tertiary/aromatic N) is 4. The lowest BCUT2D eigenvalue weighted by Gasteiger charge is -2.32. The van der Waals surface area contributed by atoms with Crippen molar-refractivity contribution in [1.29, 1.82) is 0 Å². The number of pyridine rings is 1. The van der Waals surface area contributed by atoms with Crippen molar-refractivity contribution in [3.05, 3.63) is 24.5 Å². The Bertz CT molecular complexity index is 550. The minimum absolute atomic E-state index is 0.0692. The van der Waals surface area contributed by atoms with Crippen molar-refractivity contribution in [2.45, 2.75) is 6.10 Å². The average molecular weight is 265 g/mol. The summed E-state index contributed by atoms with van der Waals surface area (Å²) in [6.45, 7) is 2.27. The van der Waals surface area contributed by atoms with Gasteiger partial charge in [-0.1, -0.05) is 0 Å². The topological polar surface area (TPSA) is 51.1 Å². The largest absolute Gasteiger partial charge is 0.373 e. The van der Waals surface area contributed by atoms with E-state index in [9.17, 15) is 0 Å². The first-order valence-electron chi connectivity index (χ1n) is 5.87. The zero-order chi connectivity index (χ0) is 12.4. The maximum Gasteiger partial charge on any atom is 0.180 e. The maximum atomic E-state index is 5.83. The van der Waals surface area contributed by atoms with E-state index in [-0.39, 0.29) is 6.10 Å². The molecule has 94 valence electrons. The van der Waals surface area contributed by atoms with Crippen molar-refractivity contribution >= 4 is 28.6 Å². The molecule has 1 saturated heterocycles. The van der Waals surface area contributed by atoms with Gasteiger partial charge in [-0.15, -0.1) is 11.6 Å². The zero-order valence-electron chi connectivity index (χ0n) is 9.79. The molecule has 0 N–H and O–H groups in total. The lowest BCUT2D eigenvalue weighted by molar-refractivity contribution is 0.0552. The SMILES string of the molecule is ClCC1CN(c2ccc3nccnc3n2)CCO1. The molecule has 0 radical (unpaired) electrons. The molecular formula is C12H13ClN4O. The highest BCUT2D eigenvalue weighted by Crippen LogP contribution is 2.18. The first-order valence-corrected chi connectivity index (χ1v) is 6.40. The lowest BCUT2D eigenvalue weighted by Crippen LogP contribution is -2.43. The van der Waals surface area contributed by atoms with Crippen LogP contribution in [0, 0.1) is 0 Å². The minimum atomic E-state index is 0.0692. The smallest absolute Gasteiger partial charge is 0.180 e. The van der Waals surface area contributed by atoms with Crippen molar-refractivity contribution in [3.8, 4) is 0 Å². The van der Waals surface area contributed by atoms with Gasteiger partial charge in [-0.25, -0.2) is 9.97 Å². The maximum absolute atomic E-state index is 5.83. The molecule has 1 unspecified atom stereocenters. The Balaban J connectivity index is 1.89. The molecule has 0 spiro atoms. The number of hydrogen-bond acceptors (Lipinski definition) is 5. The van der Waals surface area contributed by atoms with E-state index < -0.39 is 0 Å². The third-order valence-corrected chi connectivity index (χ3v) is 3.30. The third-order valence-electron chi connectivity index (χ3n) is 2.95. The average Bonchev–Trinajstić information content (AvgIpc) is 2.47. The first-order chi connectivity index (χ1) is 8.86. The molecule has 1 aliphatic heterocycles. The molecule has 3 heterocycles. The highest BCUT2D eigenvalue weighted by Gasteiger charge is 2.20. The van der Waals surface area contributed by atoms with E-state index in [2.05, 4.69) is 19.9 Å². The van der Waals surface area contributed by atoms with Gasteiger partial charge in [0.15, 0.2) is 5.65 Å². The number of ether oxygens (including phenoxy) is 1. The van der Waals surface area contributed by atoms with Crippen LogP contribution in [0.15, 0.2) is 24.5 Å². The Morgan fingerprint density at radius 2 is 2.22 bits per heavy atom. The number of fused-ring (bicyclic) bond motifs is 1. The molecule has 2 aromatic heterocycles. The molecule has 1 fully saturated rings. The van der Waals surface area contributed by atoms with Crippen LogP contribution in [0.5, 0.6) is 0 Å². The van der Waals surface area contributed by atoms with Crippen molar-refractivity contribution in [2.24, 2.45) is 0 Å². The molecule has 0 saturated carbocycles. The van der Waals surface area contributed by atoms with E-state index in [0.29, 0.717) is 18.1 Å². The second-order valence-corrected chi connectivity index (χ2v) is 4.47. The number of hydrogen-bond donors (Lipinski definition) is 0. The van der Waals surface area contributed by atoms with Crippen LogP contribution in [-0.4, -0.2) is 46.6 Å². The Hall–Kier alpha value is -1.46. The summed E-state index contributed by atoms with van der Waals surface area (Å²) in [6.07, 6.45) is 3.39. The quantitative estimate of drug-likeness (QED) is 0.769. The first kappa shape index (κ1) is 11.6. The molecule has 1 aliphatic rings. The van der Waals surface area contributed by atoms with Crippen LogP contribution >= 0.6 is 11.6 Å². The van der Waals surface area contributed by atoms with Gasteiger partial charge in [-0.05, 0) is 12.1 Å². The Kier molecular flexibility index (Phi) is 3.25. The summed E-state index contributed by atoms with van der Waals surface area (Å²) in [6, 6.07) is 3.91. The summed E-state index contributed by atoms with van der Waals surface area (Å²) in [5.41, 5.74) is 1.48. The summed E-state index contributed by atoms with van der Waals surface area (Å²) in [5.74, 6) is 1.41. The fourth-order valence-electron chi connectivity index (χ4n) is 2.04. The van der Waals surface area contributed by atoms with Gasteiger partial charge in [0.05, 0.1) is 18.6 Å². The molecular weight excluding hydrogens is 252 g/mol. The standard InChI is InChI=1S/C12H13ClN4O/c13-7-9-8-17(5-6-18-9)11-2-1-10-12(16-11)15-4-3-14-10/h1-4,9H,5-8H2. The normalized spacial score (nSPS) is 20.3. The van der Waals surface area contributed by atoms with E-state index in [0.717, 1.165) is 24.4 Å². The van der Waals surface area contributed by atoms with Crippen molar-refractivity contribution < 1.29 is 4.74 Å². The number of halogens is 1. The molecule has 0 aliphatic carbocycles. The molecule has 0 amide bonds. The van der Waals surface area contributed by atoms with Crippen LogP contribution in [-0.2, 0) is 4.74 Å². The van der Waals surface area contributed by atoms with Gasteiger partial charge in [-0.3, -0.25) is 4.98 Å². The Morgan fingerprint density at radius 3 is 3.11 bits per heavy atom. The van der Waals surface area contributed by atoms with Crippen molar-refractivity contribution in [1.82, 2.24) is 15.0 Å². The molecule has 0 aromatic carbocycles. The summed E-state index contributed by atoms with van der Waals surface area (Å²) >= 11 is 5.83. The minimum Gasteiger partial charge on any atom is -0.373 e. The summed E-state index contributed by atoms with van der Waals surface area (Å²) < 4.78 is 5.54. The number of alkyl halides is 1. The lowest BCUT2D eigenvalue weighted by atomic mass is 10.3. The highest BCUT2D eigenvalue weighted by molar-refractivity contribution is 6.18. The van der Waals surface area contributed by atoms with Gasteiger partial charge in [-0.2, -0.15) is 0 Å². The van der Waals surface area contributed by atoms with Crippen LogP contribution in [0.4, 0.5) is 5.82 Å². The van der Waals surface area contributed by atoms with Crippen molar-refractivity contribution in [2.75, 3.05) is 30.5 Å². The predicted molar refractivity (Wildman–Crippen MR) is 70.0 cm³/mol. The fraction of sp³-hybridized carbons (Fsp3) is 0.417. The molecule has 0 bridgehead atoms. The second-order valence-electron chi connectivity index (χ2n) is 4.16. The van der Waals surface area contributed by atoms with Crippen LogP contribution in [0.2, 0.25) is 0 Å². The second kappa shape index (κ2) is 5.04. The van der Waals surface area contributed by atoms with Gasteiger partial charge in [0.2, 0.25) is 0 Å². The van der Waals surface area contributed by atoms with E-state index in [4.69, 9.17) is 16.3 Å². The van der Waals surface area contributed by atoms with Gasteiger partial charge in [0.25, 0.3) is 0 Å². The molecule has 5 nitrogen and oxygen atoms in total. The summed E-state index contributed by atoms with van der Waals surface area (Å²) in [7, 11) is 0. The van der Waals surface area contributed by atoms with Crippen LogP contribution in [0.3, 0.4) is 0 Å². The van der Waals surface area contributed by atoms with E-state index in [1.807, 2.05) is 12.1 Å². The number of morpholine rings is 1. The molecule has 3 rings (SSSR count). The van der Waals surface area contributed by atoms with Crippen LogP contribution in [0.25, 0.3) is 11.2 Å². The fourth-order valence-corrected chi connectivity index (χ4v) is 2.23. The third kappa shape index (κ3) is 2.23. The molecule has 18 heavy (non-hydrogen) atoms. The Labute approximate surface area is 110 Å². The molecule has 6 heteroatoms. The number of anilines is 1. The van der Waals surface area contributed by atoms with Gasteiger partial charge in [0, 0.05) is 25.5 Å². The van der Waals surface area contributed by atoms with E-state index in [1.54, 1.807) is 12.4 Å². The predicted octanol–water partition coefficient (Wildman–Crippen LogP) is 1.47. The van der Waals surface area contributed by atoms with Gasteiger partial charge >= 0.3 is 0 Å². The Morgan fingerprint density at radius 1 is 1.33 bits per heavy atom. The van der Waals surface area contributed by atoms with Gasteiger partial charge in [0.1, 0.15) is 11.3 Å². The van der Waals surface area contributed by atoms with Crippen molar-refractivity contribution in [3.63, 3.8) is 0 Å². The summed E-state index contributed by atoms with van der Waals surface area (Å²) in [4.78, 5) is 15.1. The van der Waals surface area contributed by atoms with Crippen LogP contribution < -0.4 is 4.90 Å². The van der Waals surface area contributed by atoms with E-state index >= 15 is 0 Å². The highest BCUT2D eigenvalue weighted by atomic mass is 35.5. The zero-order valence-corrected chi connectivity index (χ0v) is 10.5. The number of rotatable bonds is 2. The molecule has 1 atom stereocenters. The summed E-state index contributed by atoms with van der Waals surface area (Å²) in [5, 5.41) is 0.